The molecule has 1 N–H and O–H groups in total. The second-order valence-electron chi connectivity index (χ2n) is 4.96. The Kier molecular flexibility index (Phi) is 4.96. The number of benzene rings is 1. The van der Waals surface area contributed by atoms with Crippen molar-refractivity contribution in [2.24, 2.45) is 0 Å². The molecular formula is C14H17BrF3NO. The average molecular weight is 352 g/mol. The van der Waals surface area contributed by atoms with Crippen LogP contribution in [0.5, 0.6) is 0 Å². The molecule has 2 unspecified atom stereocenters. The number of anilines is 1. The highest BCUT2D eigenvalue weighted by atomic mass is 79.9. The van der Waals surface area contributed by atoms with E-state index in [1.807, 2.05) is 6.92 Å². The predicted octanol–water partition coefficient (Wildman–Crippen LogP) is 4.84. The summed E-state index contributed by atoms with van der Waals surface area (Å²) in [4.78, 5) is 0. The minimum atomic E-state index is -4.32. The first kappa shape index (κ1) is 15.6. The lowest BCUT2D eigenvalue weighted by Gasteiger charge is -2.30. The van der Waals surface area contributed by atoms with Crippen molar-refractivity contribution in [3.8, 4) is 0 Å². The van der Waals surface area contributed by atoms with Crippen molar-refractivity contribution < 1.29 is 17.9 Å². The number of nitrogens with one attached hydrogen (secondary N) is 1. The van der Waals surface area contributed by atoms with Crippen molar-refractivity contribution in [2.75, 3.05) is 11.9 Å². The molecule has 1 fully saturated rings. The smallest absolute Gasteiger partial charge is 0.381 e. The lowest BCUT2D eigenvalue weighted by atomic mass is 10.0. The normalized spacial score (nSPS) is 23.6. The van der Waals surface area contributed by atoms with Crippen LogP contribution in [0.15, 0.2) is 22.7 Å². The van der Waals surface area contributed by atoms with Gasteiger partial charge in [-0.1, -0.05) is 6.92 Å². The molecule has 1 heterocycles. The quantitative estimate of drug-likeness (QED) is 0.841. The third-order valence-corrected chi connectivity index (χ3v) is 4.17. The first-order chi connectivity index (χ1) is 9.40. The van der Waals surface area contributed by atoms with E-state index in [1.54, 1.807) is 0 Å². The van der Waals surface area contributed by atoms with E-state index in [4.69, 9.17) is 4.74 Å². The van der Waals surface area contributed by atoms with Crippen molar-refractivity contribution >= 4 is 21.6 Å². The molecule has 2 rings (SSSR count). The fourth-order valence-electron chi connectivity index (χ4n) is 2.33. The molecular weight excluding hydrogens is 335 g/mol. The van der Waals surface area contributed by atoms with Crippen LogP contribution in [0.4, 0.5) is 18.9 Å². The van der Waals surface area contributed by atoms with Crippen molar-refractivity contribution in [2.45, 2.75) is 44.5 Å². The molecule has 1 aliphatic heterocycles. The Morgan fingerprint density at radius 3 is 2.80 bits per heavy atom. The SMILES string of the molecule is CCC1CC(Nc2cc(C(F)(F)F)ccc2Br)CCO1. The number of hydrogen-bond donors (Lipinski definition) is 1. The zero-order chi connectivity index (χ0) is 14.8. The molecule has 0 aromatic heterocycles. The summed E-state index contributed by atoms with van der Waals surface area (Å²) in [5.74, 6) is 0. The fraction of sp³-hybridized carbons (Fsp3) is 0.571. The lowest BCUT2D eigenvalue weighted by Crippen LogP contribution is -2.33. The van der Waals surface area contributed by atoms with Gasteiger partial charge in [-0.05, 0) is 53.4 Å². The van der Waals surface area contributed by atoms with Crippen LogP contribution in [0.1, 0.15) is 31.7 Å². The number of hydrogen-bond acceptors (Lipinski definition) is 2. The zero-order valence-electron chi connectivity index (χ0n) is 11.1. The van der Waals surface area contributed by atoms with Crippen LogP contribution in [0, 0.1) is 0 Å². The molecule has 112 valence electrons. The van der Waals surface area contributed by atoms with Gasteiger partial charge in [-0.25, -0.2) is 0 Å². The number of rotatable bonds is 3. The Hall–Kier alpha value is -0.750. The van der Waals surface area contributed by atoms with Crippen LogP contribution in [0.3, 0.4) is 0 Å². The number of ether oxygens (including phenoxy) is 1. The molecule has 6 heteroatoms. The molecule has 0 spiro atoms. The molecule has 2 atom stereocenters. The third-order valence-electron chi connectivity index (χ3n) is 3.48. The van der Waals surface area contributed by atoms with E-state index < -0.39 is 11.7 Å². The molecule has 0 aliphatic carbocycles. The minimum Gasteiger partial charge on any atom is -0.381 e. The van der Waals surface area contributed by atoms with Gasteiger partial charge in [0.05, 0.1) is 11.7 Å². The van der Waals surface area contributed by atoms with E-state index in [1.165, 1.54) is 6.07 Å². The van der Waals surface area contributed by atoms with E-state index >= 15 is 0 Å². The van der Waals surface area contributed by atoms with Crippen LogP contribution in [-0.2, 0) is 10.9 Å². The summed E-state index contributed by atoms with van der Waals surface area (Å²) in [7, 11) is 0. The molecule has 1 aliphatic rings. The molecule has 1 aromatic rings. The van der Waals surface area contributed by atoms with Gasteiger partial charge in [-0.3, -0.25) is 0 Å². The zero-order valence-corrected chi connectivity index (χ0v) is 12.7. The number of halogens is 4. The second-order valence-corrected chi connectivity index (χ2v) is 5.81. The maximum Gasteiger partial charge on any atom is 0.416 e. The van der Waals surface area contributed by atoms with Gasteiger partial charge in [0.2, 0.25) is 0 Å². The monoisotopic (exact) mass is 351 g/mol. The van der Waals surface area contributed by atoms with Gasteiger partial charge in [0.1, 0.15) is 0 Å². The Morgan fingerprint density at radius 2 is 2.15 bits per heavy atom. The van der Waals surface area contributed by atoms with E-state index in [-0.39, 0.29) is 12.1 Å². The van der Waals surface area contributed by atoms with Crippen LogP contribution in [-0.4, -0.2) is 18.8 Å². The van der Waals surface area contributed by atoms with Gasteiger partial charge in [0, 0.05) is 22.8 Å². The van der Waals surface area contributed by atoms with E-state index in [0.717, 1.165) is 31.4 Å². The molecule has 0 amide bonds. The maximum absolute atomic E-state index is 12.7. The molecule has 20 heavy (non-hydrogen) atoms. The van der Waals surface area contributed by atoms with Crippen molar-refractivity contribution in [3.05, 3.63) is 28.2 Å². The standard InChI is InChI=1S/C14H17BrF3NO/c1-2-11-8-10(5-6-20-11)19-13-7-9(14(16,17)18)3-4-12(13)15/h3-4,7,10-11,19H,2,5-6,8H2,1H3. The van der Waals surface area contributed by atoms with Crippen molar-refractivity contribution in [1.29, 1.82) is 0 Å². The van der Waals surface area contributed by atoms with E-state index in [2.05, 4.69) is 21.2 Å². The first-order valence-electron chi connectivity index (χ1n) is 6.65. The highest BCUT2D eigenvalue weighted by Crippen LogP contribution is 2.34. The van der Waals surface area contributed by atoms with Gasteiger partial charge < -0.3 is 10.1 Å². The van der Waals surface area contributed by atoms with Crippen molar-refractivity contribution in [1.82, 2.24) is 0 Å². The average Bonchev–Trinajstić information content (AvgIpc) is 2.40. The summed E-state index contributed by atoms with van der Waals surface area (Å²) in [5.41, 5.74) is -0.149. The lowest BCUT2D eigenvalue weighted by molar-refractivity contribution is -0.137. The Morgan fingerprint density at radius 1 is 1.40 bits per heavy atom. The first-order valence-corrected chi connectivity index (χ1v) is 7.44. The van der Waals surface area contributed by atoms with Crippen LogP contribution in [0.25, 0.3) is 0 Å². The van der Waals surface area contributed by atoms with Crippen LogP contribution in [0.2, 0.25) is 0 Å². The van der Waals surface area contributed by atoms with Gasteiger partial charge in [0.15, 0.2) is 0 Å². The maximum atomic E-state index is 12.7. The predicted molar refractivity (Wildman–Crippen MR) is 75.8 cm³/mol. The van der Waals surface area contributed by atoms with E-state index in [9.17, 15) is 13.2 Å². The second kappa shape index (κ2) is 6.35. The van der Waals surface area contributed by atoms with Gasteiger partial charge >= 0.3 is 6.18 Å². The molecule has 2 nitrogen and oxygen atoms in total. The Labute approximate surface area is 124 Å². The fourth-order valence-corrected chi connectivity index (χ4v) is 2.69. The largest absolute Gasteiger partial charge is 0.416 e. The summed E-state index contributed by atoms with van der Waals surface area (Å²) in [6.45, 7) is 2.69. The third kappa shape index (κ3) is 3.88. The van der Waals surface area contributed by atoms with Gasteiger partial charge in [-0.2, -0.15) is 13.2 Å². The number of alkyl halides is 3. The highest BCUT2D eigenvalue weighted by Gasteiger charge is 2.31. The summed E-state index contributed by atoms with van der Waals surface area (Å²) in [6, 6.07) is 3.81. The van der Waals surface area contributed by atoms with E-state index in [0.29, 0.717) is 16.8 Å². The summed E-state index contributed by atoms with van der Waals surface area (Å²) in [6.07, 6.45) is -1.59. The van der Waals surface area contributed by atoms with Crippen LogP contribution < -0.4 is 5.32 Å². The van der Waals surface area contributed by atoms with Gasteiger partial charge in [-0.15, -0.1) is 0 Å². The summed E-state index contributed by atoms with van der Waals surface area (Å²) in [5, 5.41) is 3.20. The van der Waals surface area contributed by atoms with Crippen molar-refractivity contribution in [3.63, 3.8) is 0 Å². The van der Waals surface area contributed by atoms with Gasteiger partial charge in [0.25, 0.3) is 0 Å². The Bertz CT molecular complexity index is 464. The molecule has 0 bridgehead atoms. The summed E-state index contributed by atoms with van der Waals surface area (Å²) >= 11 is 3.30. The Balaban J connectivity index is 2.12. The molecule has 0 saturated carbocycles. The topological polar surface area (TPSA) is 21.3 Å². The summed E-state index contributed by atoms with van der Waals surface area (Å²) < 4.78 is 44.4. The van der Waals surface area contributed by atoms with Crippen LogP contribution >= 0.6 is 15.9 Å². The molecule has 1 saturated heterocycles. The minimum absolute atomic E-state index is 0.147. The molecule has 1 aromatic carbocycles. The molecule has 0 radical (unpaired) electrons. The highest BCUT2D eigenvalue weighted by molar-refractivity contribution is 9.10.